The van der Waals surface area contributed by atoms with Gasteiger partial charge in [0.15, 0.2) is 10.3 Å². The Bertz CT molecular complexity index is 1750. The summed E-state index contributed by atoms with van der Waals surface area (Å²) >= 11 is 10.4. The minimum absolute atomic E-state index is 0.126. The highest BCUT2D eigenvalue weighted by molar-refractivity contribution is 9.10. The molecule has 0 unspecified atom stereocenters. The van der Waals surface area contributed by atoms with Gasteiger partial charge < -0.3 is 10.2 Å². The number of carbonyl (C=O) groups is 3. The van der Waals surface area contributed by atoms with Crippen LogP contribution < -0.4 is 10.2 Å². The van der Waals surface area contributed by atoms with Gasteiger partial charge in [0.05, 0.1) is 24.7 Å². The van der Waals surface area contributed by atoms with Crippen LogP contribution in [-0.4, -0.2) is 31.7 Å². The van der Waals surface area contributed by atoms with Crippen molar-refractivity contribution in [2.45, 2.75) is 29.3 Å². The third-order valence-electron chi connectivity index (χ3n) is 8.29. The van der Waals surface area contributed by atoms with Crippen LogP contribution in [0.2, 0.25) is 0 Å². The third-order valence-corrected chi connectivity index (χ3v) is 10.7. The molecule has 0 bridgehead atoms. The molecule has 9 heteroatoms. The topological polar surface area (TPSA) is 69.7 Å². The van der Waals surface area contributed by atoms with Crippen molar-refractivity contribution in [3.8, 4) is 0 Å². The predicted molar refractivity (Wildman–Crippen MR) is 171 cm³/mol. The molecule has 208 valence electrons. The zero-order valence-corrected chi connectivity index (χ0v) is 25.4. The summed E-state index contributed by atoms with van der Waals surface area (Å²) in [6.45, 7) is 0.480. The third kappa shape index (κ3) is 3.91. The molecule has 3 aliphatic heterocycles. The second-order valence-corrected chi connectivity index (χ2v) is 13.1. The fourth-order valence-electron chi connectivity index (χ4n) is 6.47. The molecular formula is C33H24BrN3O3S2. The lowest BCUT2D eigenvalue weighted by Crippen LogP contribution is -2.52. The molecule has 2 saturated heterocycles. The first-order valence-corrected chi connectivity index (χ1v) is 15.5. The maximum absolute atomic E-state index is 14.9. The molecule has 7 rings (SSSR count). The Morgan fingerprint density at radius 3 is 1.95 bits per heavy atom. The normalized spacial score (nSPS) is 24.6. The van der Waals surface area contributed by atoms with Gasteiger partial charge in [0.2, 0.25) is 0 Å². The van der Waals surface area contributed by atoms with Gasteiger partial charge >= 0.3 is 0 Å². The Morgan fingerprint density at radius 1 is 0.738 bits per heavy atom. The molecule has 3 atom stereocenters. The molecule has 1 N–H and O–H groups in total. The van der Waals surface area contributed by atoms with Gasteiger partial charge in [-0.2, -0.15) is 0 Å². The number of nitrogens with zero attached hydrogens (tertiary/aromatic N) is 2. The van der Waals surface area contributed by atoms with Gasteiger partial charge in [-0.25, -0.2) is 0 Å². The Kier molecular flexibility index (Phi) is 6.56. The Hall–Kier alpha value is -3.79. The van der Waals surface area contributed by atoms with E-state index in [1.54, 1.807) is 4.90 Å². The number of benzene rings is 4. The van der Waals surface area contributed by atoms with Crippen LogP contribution in [0.25, 0.3) is 0 Å². The van der Waals surface area contributed by atoms with Crippen molar-refractivity contribution in [3.63, 3.8) is 0 Å². The molecule has 3 amide bonds. The maximum atomic E-state index is 14.9. The number of fused-ring (bicyclic) bond motifs is 2. The van der Waals surface area contributed by atoms with Crippen LogP contribution >= 0.6 is 39.9 Å². The first kappa shape index (κ1) is 27.1. The van der Waals surface area contributed by atoms with Gasteiger partial charge in [0, 0.05) is 10.0 Å². The van der Waals surface area contributed by atoms with Gasteiger partial charge in [-0.3, -0.25) is 19.3 Å². The van der Waals surface area contributed by atoms with Crippen molar-refractivity contribution in [1.82, 2.24) is 10.2 Å². The van der Waals surface area contributed by atoms with E-state index < -0.39 is 22.1 Å². The van der Waals surface area contributed by atoms with Crippen molar-refractivity contribution in [3.05, 3.63) is 136 Å². The van der Waals surface area contributed by atoms with Crippen LogP contribution in [0.4, 0.5) is 10.5 Å². The number of thioether (sulfide) groups is 1. The number of amides is 3. The molecule has 4 aromatic rings. The summed E-state index contributed by atoms with van der Waals surface area (Å²) in [6, 6.07) is 34.4. The summed E-state index contributed by atoms with van der Waals surface area (Å²) in [5, 5.41) is 3.01. The summed E-state index contributed by atoms with van der Waals surface area (Å²) in [5.41, 5.74) is 2.65. The molecule has 0 saturated carbocycles. The van der Waals surface area contributed by atoms with E-state index in [2.05, 4.69) is 21.2 Å². The Labute approximate surface area is 261 Å². The zero-order chi connectivity index (χ0) is 29.1. The average Bonchev–Trinajstić information content (AvgIpc) is 3.51. The number of hydrogen-bond donors (Lipinski definition) is 1. The van der Waals surface area contributed by atoms with Crippen LogP contribution in [0.3, 0.4) is 0 Å². The lowest BCUT2D eigenvalue weighted by molar-refractivity contribution is -0.129. The lowest BCUT2D eigenvalue weighted by atomic mass is 9.71. The van der Waals surface area contributed by atoms with E-state index in [0.29, 0.717) is 6.54 Å². The molecule has 3 aliphatic rings. The smallest absolute Gasteiger partial charge is 0.290 e. The summed E-state index contributed by atoms with van der Waals surface area (Å²) in [4.78, 5) is 46.3. The summed E-state index contributed by atoms with van der Waals surface area (Å²) in [6.07, 6.45) is 0. The predicted octanol–water partition coefficient (Wildman–Crippen LogP) is 6.54. The van der Waals surface area contributed by atoms with Crippen LogP contribution in [0, 0.1) is 0 Å². The van der Waals surface area contributed by atoms with Crippen LogP contribution in [0.15, 0.2) is 114 Å². The standard InChI is InChI=1S/C33H24BrN3O3S2/c34-24-17-15-23(16-18-24)27-32(25-13-7-8-14-26(25)36(29(32)38)19-21-9-3-1-4-10-21)35-28(41)33(27)30(39)37(31(40)42-33)20-22-11-5-2-6-12-22/h1-18,27H,19-20H2,(H,35,41)/t27-,32+,33-/m1/s1. The fraction of sp³-hybridized carbons (Fsp3) is 0.152. The number of anilines is 1. The van der Waals surface area contributed by atoms with Crippen molar-refractivity contribution < 1.29 is 14.4 Å². The number of hydrogen-bond acceptors (Lipinski definition) is 5. The number of imide groups is 1. The number of halogens is 1. The quantitative estimate of drug-likeness (QED) is 0.247. The molecule has 0 radical (unpaired) electrons. The van der Waals surface area contributed by atoms with E-state index in [1.165, 1.54) is 4.90 Å². The average molecular weight is 655 g/mol. The highest BCUT2D eigenvalue weighted by Gasteiger charge is 2.75. The van der Waals surface area contributed by atoms with E-state index in [-0.39, 0.29) is 22.7 Å². The summed E-state index contributed by atoms with van der Waals surface area (Å²) < 4.78 is -0.639. The van der Waals surface area contributed by atoms with Crippen molar-refractivity contribution in [2.24, 2.45) is 0 Å². The number of nitrogens with one attached hydrogen (secondary N) is 1. The molecule has 2 spiro atoms. The second kappa shape index (κ2) is 10.2. The summed E-state index contributed by atoms with van der Waals surface area (Å²) in [7, 11) is 0. The second-order valence-electron chi connectivity index (χ2n) is 10.6. The van der Waals surface area contributed by atoms with Crippen molar-refractivity contribution in [2.75, 3.05) is 4.90 Å². The van der Waals surface area contributed by atoms with Crippen LogP contribution in [-0.2, 0) is 28.2 Å². The molecule has 3 heterocycles. The largest absolute Gasteiger partial charge is 0.360 e. The molecule has 6 nitrogen and oxygen atoms in total. The maximum Gasteiger partial charge on any atom is 0.290 e. The van der Waals surface area contributed by atoms with Gasteiger partial charge in [0.1, 0.15) is 4.99 Å². The lowest BCUT2D eigenvalue weighted by Gasteiger charge is -2.35. The molecule has 2 fully saturated rings. The van der Waals surface area contributed by atoms with Crippen LogP contribution in [0.1, 0.15) is 28.2 Å². The molecule has 4 aromatic carbocycles. The fourth-order valence-corrected chi connectivity index (χ4v) is 8.53. The molecule has 0 aromatic heterocycles. The first-order chi connectivity index (χ1) is 20.4. The highest BCUT2D eigenvalue weighted by Crippen LogP contribution is 2.62. The molecular weight excluding hydrogens is 630 g/mol. The first-order valence-electron chi connectivity index (χ1n) is 13.5. The SMILES string of the molecule is O=C1S[C@@]2(C(=O)N1Cc1ccccc1)C(=S)N[C@]1(C(=O)N(Cc3ccccc3)c3ccccc31)[C@H]2c1ccc(Br)cc1. The van der Waals surface area contributed by atoms with E-state index in [0.717, 1.165) is 44.2 Å². The van der Waals surface area contributed by atoms with Gasteiger partial charge in [-0.15, -0.1) is 0 Å². The van der Waals surface area contributed by atoms with E-state index in [1.807, 2.05) is 109 Å². The minimum atomic E-state index is -1.50. The van der Waals surface area contributed by atoms with E-state index in [9.17, 15) is 14.4 Å². The monoisotopic (exact) mass is 653 g/mol. The molecule has 0 aliphatic carbocycles. The van der Waals surface area contributed by atoms with E-state index in [4.69, 9.17) is 12.2 Å². The van der Waals surface area contributed by atoms with Crippen LogP contribution in [0.5, 0.6) is 0 Å². The minimum Gasteiger partial charge on any atom is -0.360 e. The number of carbonyl (C=O) groups excluding carboxylic acids is 3. The summed E-state index contributed by atoms with van der Waals surface area (Å²) in [5.74, 6) is -1.40. The van der Waals surface area contributed by atoms with Gasteiger partial charge in [0.25, 0.3) is 17.1 Å². The Balaban J connectivity index is 1.40. The van der Waals surface area contributed by atoms with Gasteiger partial charge in [-0.05, 0) is 46.7 Å². The molecule has 42 heavy (non-hydrogen) atoms. The number of para-hydroxylation sites is 1. The zero-order valence-electron chi connectivity index (χ0n) is 22.2. The van der Waals surface area contributed by atoms with E-state index >= 15 is 0 Å². The van der Waals surface area contributed by atoms with Crippen molar-refractivity contribution in [1.29, 1.82) is 0 Å². The van der Waals surface area contributed by atoms with Gasteiger partial charge in [-0.1, -0.05) is 119 Å². The number of thiocarbonyl (C=S) groups is 1. The highest BCUT2D eigenvalue weighted by atomic mass is 79.9. The Morgan fingerprint density at radius 2 is 1.31 bits per heavy atom. The van der Waals surface area contributed by atoms with Crippen molar-refractivity contribution >= 4 is 67.6 Å². The number of rotatable bonds is 5.